The van der Waals surface area contributed by atoms with Gasteiger partial charge in [0.15, 0.2) is 0 Å². The van der Waals surface area contributed by atoms with Crippen molar-refractivity contribution in [3.8, 4) is 5.69 Å². The van der Waals surface area contributed by atoms with Crippen molar-refractivity contribution < 1.29 is 13.2 Å². The summed E-state index contributed by atoms with van der Waals surface area (Å²) in [4.78, 5) is 14.4. The van der Waals surface area contributed by atoms with Crippen LogP contribution in [0, 0.1) is 0 Å². The van der Waals surface area contributed by atoms with Crippen LogP contribution in [0.4, 0.5) is 0 Å². The van der Waals surface area contributed by atoms with Gasteiger partial charge in [-0.05, 0) is 18.6 Å². The van der Waals surface area contributed by atoms with Crippen molar-refractivity contribution in [1.82, 2.24) is 19.0 Å². The number of para-hydroxylation sites is 1. The standard InChI is InChI=1S/C16H20N4O3S/c1-24(22,23)19-9-5-8-18(10-11-19)16(21)14-12-17-20(13-14)15-6-3-2-4-7-15/h2-4,6-7,12-13H,5,8-11H2,1H3. The van der Waals surface area contributed by atoms with E-state index in [2.05, 4.69) is 5.10 Å². The van der Waals surface area contributed by atoms with Crippen LogP contribution in [0.5, 0.6) is 0 Å². The molecular weight excluding hydrogens is 328 g/mol. The Kier molecular flexibility index (Phi) is 4.68. The fraction of sp³-hybridized carbons (Fsp3) is 0.375. The molecule has 0 unspecified atom stereocenters. The summed E-state index contributed by atoms with van der Waals surface area (Å²) < 4.78 is 26.4. The number of sulfonamides is 1. The van der Waals surface area contributed by atoms with E-state index in [1.807, 2.05) is 30.3 Å². The lowest BCUT2D eigenvalue weighted by Crippen LogP contribution is -2.36. The van der Waals surface area contributed by atoms with Gasteiger partial charge in [-0.2, -0.15) is 5.10 Å². The maximum atomic E-state index is 12.7. The average Bonchev–Trinajstić information content (AvgIpc) is 2.91. The molecule has 0 saturated carbocycles. The zero-order valence-electron chi connectivity index (χ0n) is 13.5. The molecule has 1 aromatic heterocycles. The first-order valence-electron chi connectivity index (χ1n) is 7.79. The molecule has 1 aliphatic heterocycles. The molecule has 0 spiro atoms. The van der Waals surface area contributed by atoms with Crippen LogP contribution in [0.15, 0.2) is 42.7 Å². The Balaban J connectivity index is 1.72. The van der Waals surface area contributed by atoms with Crippen molar-refractivity contribution in [1.29, 1.82) is 0 Å². The zero-order valence-corrected chi connectivity index (χ0v) is 14.3. The van der Waals surface area contributed by atoms with Crippen molar-refractivity contribution in [2.45, 2.75) is 6.42 Å². The summed E-state index contributed by atoms with van der Waals surface area (Å²) in [6, 6.07) is 9.57. The number of benzene rings is 1. The minimum Gasteiger partial charge on any atom is -0.337 e. The number of aromatic nitrogens is 2. The Morgan fingerprint density at radius 1 is 1.08 bits per heavy atom. The van der Waals surface area contributed by atoms with Crippen molar-refractivity contribution >= 4 is 15.9 Å². The Morgan fingerprint density at radius 2 is 1.83 bits per heavy atom. The molecule has 2 aromatic rings. The lowest BCUT2D eigenvalue weighted by molar-refractivity contribution is 0.0764. The van der Waals surface area contributed by atoms with Gasteiger partial charge in [0.1, 0.15) is 0 Å². The molecule has 0 N–H and O–H groups in total. The minimum atomic E-state index is -3.22. The van der Waals surface area contributed by atoms with E-state index in [0.29, 0.717) is 38.2 Å². The molecule has 1 aromatic carbocycles. The number of nitrogens with zero attached hydrogens (tertiary/aromatic N) is 4. The number of carbonyl (C=O) groups is 1. The lowest BCUT2D eigenvalue weighted by atomic mass is 10.3. The predicted molar refractivity (Wildman–Crippen MR) is 90.5 cm³/mol. The number of rotatable bonds is 3. The number of carbonyl (C=O) groups excluding carboxylic acids is 1. The van der Waals surface area contributed by atoms with Gasteiger partial charge >= 0.3 is 0 Å². The van der Waals surface area contributed by atoms with Crippen LogP contribution in [0.2, 0.25) is 0 Å². The number of amides is 1. The van der Waals surface area contributed by atoms with Gasteiger partial charge in [0, 0.05) is 32.4 Å². The van der Waals surface area contributed by atoms with E-state index in [1.54, 1.807) is 22.0 Å². The van der Waals surface area contributed by atoms with Crippen LogP contribution in [0.25, 0.3) is 5.69 Å². The van der Waals surface area contributed by atoms with E-state index in [1.165, 1.54) is 10.6 Å². The number of hydrogen-bond acceptors (Lipinski definition) is 4. The Bertz CT molecular complexity index is 817. The predicted octanol–water partition coefficient (Wildman–Crippen LogP) is 0.980. The van der Waals surface area contributed by atoms with Crippen LogP contribution in [0.3, 0.4) is 0 Å². The number of hydrogen-bond donors (Lipinski definition) is 0. The van der Waals surface area contributed by atoms with Gasteiger partial charge in [-0.3, -0.25) is 4.79 Å². The summed E-state index contributed by atoms with van der Waals surface area (Å²) in [5.74, 6) is -0.118. The monoisotopic (exact) mass is 348 g/mol. The second-order valence-corrected chi connectivity index (χ2v) is 7.80. The minimum absolute atomic E-state index is 0.118. The van der Waals surface area contributed by atoms with Gasteiger partial charge in [-0.25, -0.2) is 17.4 Å². The summed E-state index contributed by atoms with van der Waals surface area (Å²) in [6.45, 7) is 1.72. The highest BCUT2D eigenvalue weighted by atomic mass is 32.2. The third-order valence-electron chi connectivity index (χ3n) is 4.06. The van der Waals surface area contributed by atoms with Crippen LogP contribution >= 0.6 is 0 Å². The quantitative estimate of drug-likeness (QED) is 0.829. The first kappa shape index (κ1) is 16.7. The van der Waals surface area contributed by atoms with Crippen LogP contribution in [-0.2, 0) is 10.0 Å². The second-order valence-electron chi connectivity index (χ2n) is 5.82. The van der Waals surface area contributed by atoms with Gasteiger partial charge < -0.3 is 4.90 Å². The van der Waals surface area contributed by atoms with Gasteiger partial charge in [0.25, 0.3) is 5.91 Å². The fourth-order valence-electron chi connectivity index (χ4n) is 2.77. The molecule has 0 bridgehead atoms. The highest BCUT2D eigenvalue weighted by Gasteiger charge is 2.25. The molecule has 7 nitrogen and oxygen atoms in total. The summed E-state index contributed by atoms with van der Waals surface area (Å²) >= 11 is 0. The largest absolute Gasteiger partial charge is 0.337 e. The second kappa shape index (κ2) is 6.74. The molecule has 2 heterocycles. The van der Waals surface area contributed by atoms with Crippen molar-refractivity contribution in [3.63, 3.8) is 0 Å². The smallest absolute Gasteiger partial charge is 0.257 e. The Hall–Kier alpha value is -2.19. The van der Waals surface area contributed by atoms with Crippen molar-refractivity contribution in [3.05, 3.63) is 48.3 Å². The van der Waals surface area contributed by atoms with Crippen LogP contribution in [-0.4, -0.2) is 65.7 Å². The summed E-state index contributed by atoms with van der Waals surface area (Å²) in [5.41, 5.74) is 1.39. The van der Waals surface area contributed by atoms with Gasteiger partial charge in [-0.15, -0.1) is 0 Å². The molecule has 1 saturated heterocycles. The maximum absolute atomic E-state index is 12.7. The lowest BCUT2D eigenvalue weighted by Gasteiger charge is -2.20. The van der Waals surface area contributed by atoms with Crippen LogP contribution < -0.4 is 0 Å². The summed E-state index contributed by atoms with van der Waals surface area (Å²) in [5, 5.41) is 4.24. The van der Waals surface area contributed by atoms with E-state index in [9.17, 15) is 13.2 Å². The van der Waals surface area contributed by atoms with Gasteiger partial charge in [0.2, 0.25) is 10.0 Å². The Labute approximate surface area is 141 Å². The maximum Gasteiger partial charge on any atom is 0.257 e. The molecule has 1 amide bonds. The highest BCUT2D eigenvalue weighted by molar-refractivity contribution is 7.88. The Morgan fingerprint density at radius 3 is 2.54 bits per heavy atom. The summed E-state index contributed by atoms with van der Waals surface area (Å²) in [7, 11) is -3.22. The normalized spacial score (nSPS) is 16.8. The van der Waals surface area contributed by atoms with Crippen LogP contribution in [0.1, 0.15) is 16.8 Å². The molecule has 3 rings (SSSR count). The zero-order chi connectivity index (χ0) is 17.2. The van der Waals surface area contributed by atoms with E-state index in [4.69, 9.17) is 0 Å². The SMILES string of the molecule is CS(=O)(=O)N1CCCN(C(=O)c2cnn(-c3ccccc3)c2)CC1. The average molecular weight is 348 g/mol. The van der Waals surface area contributed by atoms with Gasteiger partial charge in [0.05, 0.1) is 23.7 Å². The first-order chi connectivity index (χ1) is 11.4. The third kappa shape index (κ3) is 3.65. The molecule has 0 radical (unpaired) electrons. The molecule has 128 valence electrons. The highest BCUT2D eigenvalue weighted by Crippen LogP contribution is 2.13. The fourth-order valence-corrected chi connectivity index (χ4v) is 3.64. The van der Waals surface area contributed by atoms with Gasteiger partial charge in [-0.1, -0.05) is 18.2 Å². The van der Waals surface area contributed by atoms with E-state index in [-0.39, 0.29) is 5.91 Å². The van der Waals surface area contributed by atoms with Crippen molar-refractivity contribution in [2.24, 2.45) is 0 Å². The molecule has 1 aliphatic rings. The molecule has 24 heavy (non-hydrogen) atoms. The van der Waals surface area contributed by atoms with E-state index >= 15 is 0 Å². The topological polar surface area (TPSA) is 75.5 Å². The molecule has 0 atom stereocenters. The van der Waals surface area contributed by atoms with E-state index in [0.717, 1.165) is 5.69 Å². The summed E-state index contributed by atoms with van der Waals surface area (Å²) in [6.07, 6.45) is 5.09. The molecular formula is C16H20N4O3S. The third-order valence-corrected chi connectivity index (χ3v) is 5.36. The first-order valence-corrected chi connectivity index (χ1v) is 9.64. The molecule has 1 fully saturated rings. The van der Waals surface area contributed by atoms with Crippen molar-refractivity contribution in [2.75, 3.05) is 32.4 Å². The molecule has 8 heteroatoms. The van der Waals surface area contributed by atoms with E-state index < -0.39 is 10.0 Å². The molecule has 0 aliphatic carbocycles.